The molecule has 0 N–H and O–H groups in total. The van der Waals surface area contributed by atoms with Crippen LogP contribution in [0, 0.1) is 5.92 Å². The molecular weight excluding hydrogens is 496 g/mol. The van der Waals surface area contributed by atoms with Crippen LogP contribution < -0.4 is 0 Å². The highest BCUT2D eigenvalue weighted by Gasteiger charge is 2.26. The standard InChI is InChI=1S/C32H34O7/c1-4-5-10-29(33)28(30(34)21-39-20-23-13-17-25(18-14-23)31(35)37-2)19-22-11-15-24(16-12-22)26-8-6-7-9-27(26)32(36)38-3/h6-9,11-18,28H,4-5,10,19-21H2,1-3H3. The molecule has 204 valence electrons. The molecule has 0 bridgehead atoms. The number of unbranched alkanes of at least 4 members (excludes halogenated alkanes) is 1. The third-order valence-electron chi connectivity index (χ3n) is 6.48. The first-order valence-electron chi connectivity index (χ1n) is 12.9. The van der Waals surface area contributed by atoms with Crippen molar-refractivity contribution >= 4 is 23.5 Å². The summed E-state index contributed by atoms with van der Waals surface area (Å²) in [5.74, 6) is -1.99. The molecule has 0 fully saturated rings. The first-order valence-corrected chi connectivity index (χ1v) is 12.9. The highest BCUT2D eigenvalue weighted by molar-refractivity contribution is 6.03. The van der Waals surface area contributed by atoms with E-state index in [1.54, 1.807) is 36.4 Å². The van der Waals surface area contributed by atoms with Gasteiger partial charge < -0.3 is 14.2 Å². The molecule has 0 aliphatic heterocycles. The van der Waals surface area contributed by atoms with Gasteiger partial charge in [-0.2, -0.15) is 0 Å². The van der Waals surface area contributed by atoms with Crippen molar-refractivity contribution in [1.29, 1.82) is 0 Å². The van der Waals surface area contributed by atoms with E-state index >= 15 is 0 Å². The van der Waals surface area contributed by atoms with Gasteiger partial charge in [-0.3, -0.25) is 9.59 Å². The van der Waals surface area contributed by atoms with Gasteiger partial charge in [0, 0.05) is 6.42 Å². The zero-order chi connectivity index (χ0) is 28.2. The van der Waals surface area contributed by atoms with Crippen LogP contribution in [0.4, 0.5) is 0 Å². The lowest BCUT2D eigenvalue weighted by atomic mass is 9.88. The highest BCUT2D eigenvalue weighted by atomic mass is 16.5. The predicted molar refractivity (Wildman–Crippen MR) is 147 cm³/mol. The molecule has 7 nitrogen and oxygen atoms in total. The Hall–Kier alpha value is -4.10. The monoisotopic (exact) mass is 530 g/mol. The van der Waals surface area contributed by atoms with Crippen LogP contribution in [0.5, 0.6) is 0 Å². The first-order chi connectivity index (χ1) is 18.9. The first kappa shape index (κ1) is 29.5. The van der Waals surface area contributed by atoms with Gasteiger partial charge in [0.15, 0.2) is 5.78 Å². The van der Waals surface area contributed by atoms with Crippen LogP contribution in [0.3, 0.4) is 0 Å². The minimum absolute atomic E-state index is 0.0898. The summed E-state index contributed by atoms with van der Waals surface area (Å²) < 4.78 is 15.2. The van der Waals surface area contributed by atoms with Crippen LogP contribution in [-0.4, -0.2) is 44.3 Å². The van der Waals surface area contributed by atoms with Gasteiger partial charge in [-0.05, 0) is 53.3 Å². The van der Waals surface area contributed by atoms with Crippen LogP contribution in [0.15, 0.2) is 72.8 Å². The van der Waals surface area contributed by atoms with Crippen molar-refractivity contribution in [3.8, 4) is 11.1 Å². The number of hydrogen-bond acceptors (Lipinski definition) is 7. The average Bonchev–Trinajstić information content (AvgIpc) is 2.98. The fourth-order valence-corrected chi connectivity index (χ4v) is 4.24. The fourth-order valence-electron chi connectivity index (χ4n) is 4.24. The minimum atomic E-state index is -0.800. The third kappa shape index (κ3) is 8.19. The van der Waals surface area contributed by atoms with E-state index in [1.807, 2.05) is 43.3 Å². The van der Waals surface area contributed by atoms with Crippen molar-refractivity contribution in [3.05, 3.63) is 95.1 Å². The second-order valence-electron chi connectivity index (χ2n) is 9.21. The van der Waals surface area contributed by atoms with Gasteiger partial charge in [-0.25, -0.2) is 9.59 Å². The molecular formula is C32H34O7. The maximum Gasteiger partial charge on any atom is 0.338 e. The smallest absolute Gasteiger partial charge is 0.338 e. The average molecular weight is 531 g/mol. The Kier molecular flexibility index (Phi) is 11.1. The summed E-state index contributed by atoms with van der Waals surface area (Å²) in [6.07, 6.45) is 2.20. The number of esters is 2. The number of carbonyl (C=O) groups is 4. The molecule has 0 aliphatic rings. The lowest BCUT2D eigenvalue weighted by Crippen LogP contribution is -2.29. The summed E-state index contributed by atoms with van der Waals surface area (Å²) in [6, 6.07) is 21.4. The summed E-state index contributed by atoms with van der Waals surface area (Å²) >= 11 is 0. The Morgan fingerprint density at radius 3 is 2.03 bits per heavy atom. The van der Waals surface area contributed by atoms with E-state index in [0.717, 1.165) is 35.1 Å². The number of ketones is 2. The molecule has 0 amide bonds. The number of hydrogen-bond donors (Lipinski definition) is 0. The SMILES string of the molecule is CCCCC(=O)C(Cc1ccc(-c2ccccc2C(=O)OC)cc1)C(=O)COCc1ccc(C(=O)OC)cc1. The Morgan fingerprint density at radius 2 is 1.38 bits per heavy atom. The largest absolute Gasteiger partial charge is 0.465 e. The highest BCUT2D eigenvalue weighted by Crippen LogP contribution is 2.26. The number of rotatable bonds is 14. The van der Waals surface area contributed by atoms with E-state index in [9.17, 15) is 19.2 Å². The molecule has 0 spiro atoms. The van der Waals surface area contributed by atoms with Crippen LogP contribution in [0.1, 0.15) is 58.0 Å². The van der Waals surface area contributed by atoms with Gasteiger partial charge in [-0.15, -0.1) is 0 Å². The molecule has 0 aliphatic carbocycles. The maximum atomic E-state index is 13.1. The maximum absolute atomic E-state index is 13.1. The van der Waals surface area contributed by atoms with Gasteiger partial charge in [0.2, 0.25) is 0 Å². The molecule has 0 saturated carbocycles. The van der Waals surface area contributed by atoms with Crippen LogP contribution in [-0.2, 0) is 36.8 Å². The van der Waals surface area contributed by atoms with Crippen molar-refractivity contribution in [2.45, 2.75) is 39.2 Å². The van der Waals surface area contributed by atoms with Crippen LogP contribution in [0.2, 0.25) is 0 Å². The quantitative estimate of drug-likeness (QED) is 0.197. The topological polar surface area (TPSA) is 96.0 Å². The summed E-state index contributed by atoms with van der Waals surface area (Å²) in [5, 5.41) is 0. The van der Waals surface area contributed by atoms with Gasteiger partial charge in [-0.1, -0.05) is 67.9 Å². The van der Waals surface area contributed by atoms with Crippen molar-refractivity contribution < 1.29 is 33.4 Å². The molecule has 39 heavy (non-hydrogen) atoms. The molecule has 1 atom stereocenters. The van der Waals surface area contributed by atoms with E-state index in [2.05, 4.69) is 0 Å². The second kappa shape index (κ2) is 14.7. The summed E-state index contributed by atoms with van der Waals surface area (Å²) in [4.78, 5) is 49.8. The second-order valence-corrected chi connectivity index (χ2v) is 9.21. The number of Topliss-reactive ketones (excluding diaryl/α,β-unsaturated/α-hetero) is 2. The van der Waals surface area contributed by atoms with E-state index in [-0.39, 0.29) is 31.2 Å². The van der Waals surface area contributed by atoms with Gasteiger partial charge in [0.05, 0.1) is 37.9 Å². The zero-order valence-corrected chi connectivity index (χ0v) is 22.6. The normalized spacial score (nSPS) is 11.5. The molecule has 0 heterocycles. The van der Waals surface area contributed by atoms with Gasteiger partial charge >= 0.3 is 11.9 Å². The minimum Gasteiger partial charge on any atom is -0.465 e. The lowest BCUT2D eigenvalue weighted by molar-refractivity contribution is -0.135. The number of ether oxygens (including phenoxy) is 3. The molecule has 3 aromatic carbocycles. The predicted octanol–water partition coefficient (Wildman–Crippen LogP) is 5.63. The Bertz CT molecular complexity index is 1280. The van der Waals surface area contributed by atoms with E-state index in [0.29, 0.717) is 17.5 Å². The van der Waals surface area contributed by atoms with E-state index in [4.69, 9.17) is 14.2 Å². The van der Waals surface area contributed by atoms with Crippen molar-refractivity contribution in [3.63, 3.8) is 0 Å². The molecule has 1 unspecified atom stereocenters. The number of methoxy groups -OCH3 is 2. The fraction of sp³-hybridized carbons (Fsp3) is 0.312. The zero-order valence-electron chi connectivity index (χ0n) is 22.6. The number of carbonyl (C=O) groups excluding carboxylic acids is 4. The molecule has 3 rings (SSSR count). The molecule has 0 saturated heterocycles. The van der Waals surface area contributed by atoms with E-state index < -0.39 is 17.9 Å². The van der Waals surface area contributed by atoms with Crippen LogP contribution in [0.25, 0.3) is 11.1 Å². The van der Waals surface area contributed by atoms with Gasteiger partial charge in [0.25, 0.3) is 0 Å². The summed E-state index contributed by atoms with van der Waals surface area (Å²) in [6.45, 7) is 1.99. The summed E-state index contributed by atoms with van der Waals surface area (Å²) in [7, 11) is 2.67. The van der Waals surface area contributed by atoms with Gasteiger partial charge in [0.1, 0.15) is 12.4 Å². The Balaban J connectivity index is 1.68. The van der Waals surface area contributed by atoms with Crippen molar-refractivity contribution in [1.82, 2.24) is 0 Å². The third-order valence-corrected chi connectivity index (χ3v) is 6.48. The molecule has 0 aromatic heterocycles. The molecule has 0 radical (unpaired) electrons. The Labute approximate surface area is 229 Å². The van der Waals surface area contributed by atoms with Crippen molar-refractivity contribution in [2.75, 3.05) is 20.8 Å². The van der Waals surface area contributed by atoms with E-state index in [1.165, 1.54) is 14.2 Å². The van der Waals surface area contributed by atoms with Crippen molar-refractivity contribution in [2.24, 2.45) is 5.92 Å². The molecule has 7 heteroatoms. The summed E-state index contributed by atoms with van der Waals surface area (Å²) in [5.41, 5.74) is 4.12. The molecule has 3 aromatic rings. The number of benzene rings is 3. The lowest BCUT2D eigenvalue weighted by Gasteiger charge is -2.16. The van der Waals surface area contributed by atoms with Crippen LogP contribution >= 0.6 is 0 Å². The Morgan fingerprint density at radius 1 is 0.744 bits per heavy atom.